The summed E-state index contributed by atoms with van der Waals surface area (Å²) in [7, 11) is 0. The fourth-order valence-electron chi connectivity index (χ4n) is 1.77. The number of aromatic nitrogens is 1. The van der Waals surface area contributed by atoms with E-state index in [-0.39, 0.29) is 5.82 Å². The SMILES string of the molecule is Fc1ccc2nc(CNc3ccc(Cl)cc3)sc2c1. The number of rotatable bonds is 3. The van der Waals surface area contributed by atoms with Crippen LogP contribution in [0.15, 0.2) is 42.5 Å². The van der Waals surface area contributed by atoms with Crippen LogP contribution in [-0.4, -0.2) is 4.98 Å². The lowest BCUT2D eigenvalue weighted by Crippen LogP contribution is -1.98. The molecule has 0 unspecified atom stereocenters. The zero-order valence-electron chi connectivity index (χ0n) is 9.86. The molecule has 96 valence electrons. The molecular weight excluding hydrogens is 283 g/mol. The smallest absolute Gasteiger partial charge is 0.124 e. The Labute approximate surface area is 118 Å². The maximum Gasteiger partial charge on any atom is 0.124 e. The van der Waals surface area contributed by atoms with Gasteiger partial charge >= 0.3 is 0 Å². The van der Waals surface area contributed by atoms with Crippen LogP contribution < -0.4 is 5.32 Å². The van der Waals surface area contributed by atoms with Crippen LogP contribution in [-0.2, 0) is 6.54 Å². The largest absolute Gasteiger partial charge is 0.379 e. The van der Waals surface area contributed by atoms with Crippen LogP contribution in [0.3, 0.4) is 0 Å². The highest BCUT2D eigenvalue weighted by atomic mass is 35.5. The number of hydrogen-bond donors (Lipinski definition) is 1. The molecule has 0 saturated carbocycles. The number of nitrogens with one attached hydrogen (secondary N) is 1. The Hall–Kier alpha value is -1.65. The Kier molecular flexibility index (Phi) is 3.36. The molecule has 19 heavy (non-hydrogen) atoms. The first kappa shape index (κ1) is 12.4. The van der Waals surface area contributed by atoms with Crippen molar-refractivity contribution in [2.45, 2.75) is 6.54 Å². The maximum absolute atomic E-state index is 13.1. The molecule has 0 aliphatic heterocycles. The number of fused-ring (bicyclic) bond motifs is 1. The fraction of sp³-hybridized carbons (Fsp3) is 0.0714. The van der Waals surface area contributed by atoms with Gasteiger partial charge in [0.25, 0.3) is 0 Å². The van der Waals surface area contributed by atoms with Gasteiger partial charge in [-0.3, -0.25) is 0 Å². The molecule has 1 N–H and O–H groups in total. The zero-order chi connectivity index (χ0) is 13.2. The van der Waals surface area contributed by atoms with Crippen molar-refractivity contribution >= 4 is 38.8 Å². The first-order valence-corrected chi connectivity index (χ1v) is 6.94. The zero-order valence-corrected chi connectivity index (χ0v) is 11.4. The van der Waals surface area contributed by atoms with Crippen molar-refractivity contribution in [3.05, 3.63) is 58.3 Å². The van der Waals surface area contributed by atoms with Gasteiger partial charge in [-0.2, -0.15) is 0 Å². The molecule has 0 fully saturated rings. The Bertz CT molecular complexity index is 709. The van der Waals surface area contributed by atoms with E-state index in [1.54, 1.807) is 6.07 Å². The average Bonchev–Trinajstić information content (AvgIpc) is 2.80. The van der Waals surface area contributed by atoms with Gasteiger partial charge in [0.1, 0.15) is 10.8 Å². The van der Waals surface area contributed by atoms with E-state index in [0.29, 0.717) is 11.6 Å². The molecule has 0 atom stereocenters. The maximum atomic E-state index is 13.1. The summed E-state index contributed by atoms with van der Waals surface area (Å²) in [6.45, 7) is 0.614. The normalized spacial score (nSPS) is 10.8. The lowest BCUT2D eigenvalue weighted by Gasteiger charge is -2.03. The van der Waals surface area contributed by atoms with Gasteiger partial charge in [-0.15, -0.1) is 11.3 Å². The third-order valence-electron chi connectivity index (χ3n) is 2.68. The van der Waals surface area contributed by atoms with Gasteiger partial charge in [-0.25, -0.2) is 9.37 Å². The van der Waals surface area contributed by atoms with Crippen molar-refractivity contribution in [1.29, 1.82) is 0 Å². The molecule has 2 aromatic carbocycles. The number of benzene rings is 2. The van der Waals surface area contributed by atoms with Crippen LogP contribution in [0.2, 0.25) is 5.02 Å². The van der Waals surface area contributed by atoms with E-state index in [4.69, 9.17) is 11.6 Å². The Morgan fingerprint density at radius 1 is 1.16 bits per heavy atom. The average molecular weight is 293 g/mol. The minimum atomic E-state index is -0.228. The van der Waals surface area contributed by atoms with E-state index in [2.05, 4.69) is 10.3 Å². The number of anilines is 1. The van der Waals surface area contributed by atoms with Gasteiger partial charge < -0.3 is 5.32 Å². The van der Waals surface area contributed by atoms with Crippen molar-refractivity contribution in [1.82, 2.24) is 4.98 Å². The van der Waals surface area contributed by atoms with E-state index in [1.165, 1.54) is 23.5 Å². The van der Waals surface area contributed by atoms with Crippen molar-refractivity contribution in [3.63, 3.8) is 0 Å². The third-order valence-corrected chi connectivity index (χ3v) is 3.95. The molecular formula is C14H10ClFN2S. The standard InChI is InChI=1S/C14H10ClFN2S/c15-9-1-4-11(5-2-9)17-8-14-18-12-6-3-10(16)7-13(12)19-14/h1-7,17H,8H2. The number of hydrogen-bond acceptors (Lipinski definition) is 3. The molecule has 2 nitrogen and oxygen atoms in total. The van der Waals surface area contributed by atoms with E-state index in [1.807, 2.05) is 24.3 Å². The Morgan fingerprint density at radius 3 is 2.74 bits per heavy atom. The molecule has 1 aromatic heterocycles. The number of halogens is 2. The highest BCUT2D eigenvalue weighted by molar-refractivity contribution is 7.18. The molecule has 3 rings (SSSR count). The van der Waals surface area contributed by atoms with Crippen LogP contribution in [0.5, 0.6) is 0 Å². The summed E-state index contributed by atoms with van der Waals surface area (Å²) in [5.74, 6) is -0.228. The van der Waals surface area contributed by atoms with E-state index in [0.717, 1.165) is 20.9 Å². The molecule has 0 aliphatic rings. The Morgan fingerprint density at radius 2 is 1.95 bits per heavy atom. The molecule has 0 saturated heterocycles. The van der Waals surface area contributed by atoms with Crippen molar-refractivity contribution < 1.29 is 4.39 Å². The monoisotopic (exact) mass is 292 g/mol. The van der Waals surface area contributed by atoms with Crippen molar-refractivity contribution in [2.24, 2.45) is 0 Å². The summed E-state index contributed by atoms with van der Waals surface area (Å²) in [6, 6.07) is 12.1. The van der Waals surface area contributed by atoms with Crippen LogP contribution in [0.25, 0.3) is 10.2 Å². The van der Waals surface area contributed by atoms with Crippen molar-refractivity contribution in [3.8, 4) is 0 Å². The third kappa shape index (κ3) is 2.85. The second-order valence-electron chi connectivity index (χ2n) is 4.08. The predicted octanol–water partition coefficient (Wildman–Crippen LogP) is 4.70. The molecule has 0 aliphatic carbocycles. The van der Waals surface area contributed by atoms with Gasteiger partial charge in [0.05, 0.1) is 16.8 Å². The van der Waals surface area contributed by atoms with Gasteiger partial charge in [0, 0.05) is 10.7 Å². The topological polar surface area (TPSA) is 24.9 Å². The fourth-order valence-corrected chi connectivity index (χ4v) is 2.83. The highest BCUT2D eigenvalue weighted by Gasteiger charge is 2.04. The number of thiazole rings is 1. The van der Waals surface area contributed by atoms with Crippen LogP contribution >= 0.6 is 22.9 Å². The predicted molar refractivity (Wildman–Crippen MR) is 78.4 cm³/mol. The van der Waals surface area contributed by atoms with Gasteiger partial charge in [0.15, 0.2) is 0 Å². The second-order valence-corrected chi connectivity index (χ2v) is 5.63. The second kappa shape index (κ2) is 5.15. The molecule has 0 amide bonds. The van der Waals surface area contributed by atoms with Crippen LogP contribution in [0.4, 0.5) is 10.1 Å². The highest BCUT2D eigenvalue weighted by Crippen LogP contribution is 2.23. The quantitative estimate of drug-likeness (QED) is 0.757. The van der Waals surface area contributed by atoms with Gasteiger partial charge in [-0.05, 0) is 42.5 Å². The Balaban J connectivity index is 1.76. The summed E-state index contributed by atoms with van der Waals surface area (Å²) >= 11 is 7.32. The first-order valence-electron chi connectivity index (χ1n) is 5.75. The molecule has 1 heterocycles. The molecule has 0 spiro atoms. The van der Waals surface area contributed by atoms with E-state index in [9.17, 15) is 4.39 Å². The van der Waals surface area contributed by atoms with Gasteiger partial charge in [-0.1, -0.05) is 11.6 Å². The van der Waals surface area contributed by atoms with Crippen LogP contribution in [0.1, 0.15) is 5.01 Å². The summed E-state index contributed by atoms with van der Waals surface area (Å²) in [5, 5.41) is 4.89. The van der Waals surface area contributed by atoms with Crippen molar-refractivity contribution in [2.75, 3.05) is 5.32 Å². The molecule has 3 aromatic rings. The summed E-state index contributed by atoms with van der Waals surface area (Å²) in [5.41, 5.74) is 1.81. The molecule has 0 bridgehead atoms. The van der Waals surface area contributed by atoms with E-state index < -0.39 is 0 Å². The summed E-state index contributed by atoms with van der Waals surface area (Å²) < 4.78 is 14.0. The van der Waals surface area contributed by atoms with Crippen LogP contribution in [0, 0.1) is 5.82 Å². The van der Waals surface area contributed by atoms with E-state index >= 15 is 0 Å². The summed E-state index contributed by atoms with van der Waals surface area (Å²) in [6.07, 6.45) is 0. The minimum Gasteiger partial charge on any atom is -0.379 e. The number of nitrogens with zero attached hydrogens (tertiary/aromatic N) is 1. The van der Waals surface area contributed by atoms with Gasteiger partial charge in [0.2, 0.25) is 0 Å². The molecule has 5 heteroatoms. The first-order chi connectivity index (χ1) is 9.20. The summed E-state index contributed by atoms with van der Waals surface area (Å²) in [4.78, 5) is 4.45. The molecule has 0 radical (unpaired) electrons. The lowest BCUT2D eigenvalue weighted by molar-refractivity contribution is 0.630. The minimum absolute atomic E-state index is 0.228. The lowest BCUT2D eigenvalue weighted by atomic mass is 10.3.